The maximum atomic E-state index is 13.5. The topological polar surface area (TPSA) is 126 Å². The fourth-order valence-corrected chi connectivity index (χ4v) is 5.51. The molecule has 0 saturated carbocycles. The lowest BCUT2D eigenvalue weighted by Crippen LogP contribution is -2.39. The van der Waals surface area contributed by atoms with Crippen LogP contribution in [0.4, 0.5) is 11.4 Å². The predicted molar refractivity (Wildman–Crippen MR) is 166 cm³/mol. The van der Waals surface area contributed by atoms with Crippen LogP contribution in [0.15, 0.2) is 107 Å². The van der Waals surface area contributed by atoms with Crippen molar-refractivity contribution in [1.82, 2.24) is 5.43 Å². The number of nitrogens with zero attached hydrogens (tertiary/aromatic N) is 2. The molecule has 0 radical (unpaired) electrons. The van der Waals surface area contributed by atoms with Gasteiger partial charge in [-0.05, 0) is 79.2 Å². The Labute approximate surface area is 254 Å². The van der Waals surface area contributed by atoms with Gasteiger partial charge >= 0.3 is 0 Å². The van der Waals surface area contributed by atoms with Crippen molar-refractivity contribution in [2.45, 2.75) is 11.8 Å². The Balaban J connectivity index is 1.36. The molecule has 0 heterocycles. The number of hydrogen-bond acceptors (Lipinski definition) is 7. The van der Waals surface area contributed by atoms with E-state index in [0.717, 1.165) is 9.87 Å². The third kappa shape index (κ3) is 8.57. The third-order valence-corrected chi connectivity index (χ3v) is 8.11. The lowest BCUT2D eigenvalue weighted by molar-refractivity contribution is -0.119. The summed E-state index contributed by atoms with van der Waals surface area (Å²) in [5, 5.41) is 6.89. The molecule has 4 aromatic carbocycles. The van der Waals surface area contributed by atoms with Crippen molar-refractivity contribution >= 4 is 51.0 Å². The summed E-state index contributed by atoms with van der Waals surface area (Å²) in [6.45, 7) is 1.23. The number of ether oxygens (including phenoxy) is 2. The molecule has 12 heteroatoms. The summed E-state index contributed by atoms with van der Waals surface area (Å²) in [7, 11) is -2.68. The monoisotopic (exact) mass is 620 g/mol. The van der Waals surface area contributed by atoms with Gasteiger partial charge in [0.15, 0.2) is 6.61 Å². The number of nitrogens with one attached hydrogen (secondary N) is 2. The number of hydrazone groups is 1. The summed E-state index contributed by atoms with van der Waals surface area (Å²) in [5.74, 6) is -0.140. The van der Waals surface area contributed by atoms with Crippen molar-refractivity contribution in [3.63, 3.8) is 0 Å². The lowest BCUT2D eigenvalue weighted by atomic mass is 10.2. The smallest absolute Gasteiger partial charge is 0.264 e. The first-order chi connectivity index (χ1) is 20.7. The zero-order valence-electron chi connectivity index (χ0n) is 23.4. The summed E-state index contributed by atoms with van der Waals surface area (Å²) in [6, 6.07) is 26.3. The van der Waals surface area contributed by atoms with E-state index in [-0.39, 0.29) is 28.1 Å². The van der Waals surface area contributed by atoms with E-state index in [1.54, 1.807) is 42.5 Å². The molecule has 222 valence electrons. The average Bonchev–Trinajstić information content (AvgIpc) is 3.01. The number of aryl methyl sites for hydroxylation is 1. The standard InChI is InChI=1S/C31H29ClN4O6S/c1-22-8-12-24(13-9-22)34-31(38)21-42-26-15-10-23(11-16-26)19-33-35-30(37)20-36(25-14-17-29(41-2)28(32)18-25)43(39,40)27-6-4-3-5-7-27/h3-19H,20-21H2,1-2H3,(H,34,38)(H,35,37)/b33-19-. The first-order valence-electron chi connectivity index (χ1n) is 13.0. The van der Waals surface area contributed by atoms with Crippen LogP contribution in [0.3, 0.4) is 0 Å². The molecule has 43 heavy (non-hydrogen) atoms. The largest absolute Gasteiger partial charge is 0.495 e. The number of carbonyl (C=O) groups excluding carboxylic acids is 2. The summed E-state index contributed by atoms with van der Waals surface area (Å²) in [5.41, 5.74) is 4.94. The van der Waals surface area contributed by atoms with Gasteiger partial charge in [-0.1, -0.05) is 47.5 Å². The normalized spacial score (nSPS) is 11.1. The molecule has 0 fully saturated rings. The predicted octanol–water partition coefficient (Wildman–Crippen LogP) is 5.02. The van der Waals surface area contributed by atoms with Crippen LogP contribution in [0.25, 0.3) is 0 Å². The van der Waals surface area contributed by atoms with Gasteiger partial charge in [-0.2, -0.15) is 5.10 Å². The number of methoxy groups -OCH3 is 1. The number of anilines is 2. The van der Waals surface area contributed by atoms with Crippen molar-refractivity contribution in [1.29, 1.82) is 0 Å². The van der Waals surface area contributed by atoms with Crippen LogP contribution in [-0.4, -0.2) is 46.7 Å². The molecule has 0 aliphatic rings. The van der Waals surface area contributed by atoms with Crippen LogP contribution < -0.4 is 24.5 Å². The van der Waals surface area contributed by atoms with Crippen molar-refractivity contribution in [3.8, 4) is 11.5 Å². The number of benzene rings is 4. The molecule has 0 atom stereocenters. The number of hydrogen-bond donors (Lipinski definition) is 2. The highest BCUT2D eigenvalue weighted by molar-refractivity contribution is 7.92. The van der Waals surface area contributed by atoms with Gasteiger partial charge in [-0.25, -0.2) is 13.8 Å². The minimum Gasteiger partial charge on any atom is -0.495 e. The Morgan fingerprint density at radius 3 is 2.28 bits per heavy atom. The summed E-state index contributed by atoms with van der Waals surface area (Å²) >= 11 is 6.24. The number of amides is 2. The van der Waals surface area contributed by atoms with E-state index in [4.69, 9.17) is 21.1 Å². The summed E-state index contributed by atoms with van der Waals surface area (Å²) < 4.78 is 38.5. The SMILES string of the molecule is COc1ccc(N(CC(=O)N/N=C\c2ccc(OCC(=O)Nc3ccc(C)cc3)cc2)S(=O)(=O)c2ccccc2)cc1Cl. The van der Waals surface area contributed by atoms with Gasteiger partial charge in [0.05, 0.1) is 28.9 Å². The number of carbonyl (C=O) groups is 2. The highest BCUT2D eigenvalue weighted by Gasteiger charge is 2.27. The van der Waals surface area contributed by atoms with Gasteiger partial charge in [0.25, 0.3) is 21.8 Å². The quantitative estimate of drug-likeness (QED) is 0.169. The highest BCUT2D eigenvalue weighted by atomic mass is 35.5. The van der Waals surface area contributed by atoms with Crippen LogP contribution in [0.1, 0.15) is 11.1 Å². The van der Waals surface area contributed by atoms with E-state index in [1.165, 1.54) is 43.7 Å². The second kappa shape index (κ2) is 14.3. The minimum atomic E-state index is -4.12. The zero-order chi connectivity index (χ0) is 30.8. The summed E-state index contributed by atoms with van der Waals surface area (Å²) in [6.07, 6.45) is 1.39. The Morgan fingerprint density at radius 2 is 1.63 bits per heavy atom. The molecular formula is C31H29ClN4O6S. The van der Waals surface area contributed by atoms with Crippen LogP contribution >= 0.6 is 11.6 Å². The molecule has 2 amide bonds. The molecule has 0 aliphatic heterocycles. The molecule has 0 bridgehead atoms. The fourth-order valence-electron chi connectivity index (χ4n) is 3.82. The average molecular weight is 621 g/mol. The van der Waals surface area contributed by atoms with E-state index in [2.05, 4.69) is 15.8 Å². The first-order valence-corrected chi connectivity index (χ1v) is 14.8. The molecule has 0 aromatic heterocycles. The van der Waals surface area contributed by atoms with Crippen LogP contribution in [0, 0.1) is 6.92 Å². The van der Waals surface area contributed by atoms with Gasteiger partial charge in [-0.3, -0.25) is 13.9 Å². The van der Waals surface area contributed by atoms with Gasteiger partial charge in [-0.15, -0.1) is 0 Å². The molecule has 0 saturated heterocycles. The van der Waals surface area contributed by atoms with E-state index in [0.29, 0.717) is 22.7 Å². The molecule has 0 unspecified atom stereocenters. The Morgan fingerprint density at radius 1 is 0.930 bits per heavy atom. The molecule has 4 aromatic rings. The second-order valence-corrected chi connectivity index (χ2v) is 11.5. The maximum Gasteiger partial charge on any atom is 0.264 e. The molecule has 0 aliphatic carbocycles. The molecule has 10 nitrogen and oxygen atoms in total. The first kappa shape index (κ1) is 31.1. The van der Waals surface area contributed by atoms with Crippen molar-refractivity contribution in [2.75, 3.05) is 29.9 Å². The van der Waals surface area contributed by atoms with Crippen molar-refractivity contribution in [2.24, 2.45) is 5.10 Å². The molecule has 2 N–H and O–H groups in total. The zero-order valence-corrected chi connectivity index (χ0v) is 24.9. The third-order valence-electron chi connectivity index (χ3n) is 6.03. The Bertz CT molecular complexity index is 1700. The highest BCUT2D eigenvalue weighted by Crippen LogP contribution is 2.31. The van der Waals surface area contributed by atoms with Gasteiger partial charge in [0, 0.05) is 5.69 Å². The number of sulfonamides is 1. The molecular weight excluding hydrogens is 592 g/mol. The van der Waals surface area contributed by atoms with Gasteiger partial charge in [0.1, 0.15) is 18.0 Å². The van der Waals surface area contributed by atoms with Crippen LogP contribution in [0.2, 0.25) is 5.02 Å². The van der Waals surface area contributed by atoms with Crippen LogP contribution in [-0.2, 0) is 19.6 Å². The molecule has 0 spiro atoms. The fraction of sp³-hybridized carbons (Fsp3) is 0.129. The van der Waals surface area contributed by atoms with Crippen molar-refractivity contribution < 1.29 is 27.5 Å². The molecule has 4 rings (SSSR count). The second-order valence-electron chi connectivity index (χ2n) is 9.21. The minimum absolute atomic E-state index is 0.00758. The Hall–Kier alpha value is -4.87. The van der Waals surface area contributed by atoms with E-state index in [9.17, 15) is 18.0 Å². The lowest BCUT2D eigenvalue weighted by Gasteiger charge is -2.24. The van der Waals surface area contributed by atoms with E-state index < -0.39 is 22.5 Å². The number of halogens is 1. The maximum absolute atomic E-state index is 13.5. The van der Waals surface area contributed by atoms with Gasteiger partial charge in [0.2, 0.25) is 0 Å². The van der Waals surface area contributed by atoms with Crippen LogP contribution in [0.5, 0.6) is 11.5 Å². The van der Waals surface area contributed by atoms with Gasteiger partial charge < -0.3 is 14.8 Å². The van der Waals surface area contributed by atoms with Crippen molar-refractivity contribution in [3.05, 3.63) is 113 Å². The summed E-state index contributed by atoms with van der Waals surface area (Å²) in [4.78, 5) is 25.0. The number of rotatable bonds is 12. The van der Waals surface area contributed by atoms with E-state index in [1.807, 2.05) is 31.2 Å². The van der Waals surface area contributed by atoms with E-state index >= 15 is 0 Å². The Kier molecular flexibility index (Phi) is 10.4.